The van der Waals surface area contributed by atoms with Gasteiger partial charge in [-0.15, -0.1) is 0 Å². The number of nitrogens with two attached hydrogens (primary N) is 1. The maximum atomic E-state index is 12.8. The van der Waals surface area contributed by atoms with Crippen LogP contribution >= 0.6 is 0 Å². The highest BCUT2D eigenvalue weighted by Crippen LogP contribution is 2.32. The van der Waals surface area contributed by atoms with Crippen LogP contribution in [-0.2, 0) is 11.0 Å². The van der Waals surface area contributed by atoms with Crippen molar-refractivity contribution in [1.82, 2.24) is 4.90 Å². The van der Waals surface area contributed by atoms with E-state index < -0.39 is 17.7 Å². The summed E-state index contributed by atoms with van der Waals surface area (Å²) in [6, 6.07) is 5.18. The Labute approximate surface area is 128 Å². The van der Waals surface area contributed by atoms with Crippen LogP contribution in [0.3, 0.4) is 0 Å². The van der Waals surface area contributed by atoms with Crippen molar-refractivity contribution in [1.29, 1.82) is 0 Å². The highest BCUT2D eigenvalue weighted by atomic mass is 19.4. The minimum atomic E-state index is -4.39. The first-order valence-electron chi connectivity index (χ1n) is 7.54. The van der Waals surface area contributed by atoms with Crippen LogP contribution in [0.2, 0.25) is 0 Å². The van der Waals surface area contributed by atoms with Crippen LogP contribution in [0.1, 0.15) is 43.2 Å². The lowest BCUT2D eigenvalue weighted by atomic mass is 9.92. The van der Waals surface area contributed by atoms with Crippen molar-refractivity contribution in [3.63, 3.8) is 0 Å². The summed E-state index contributed by atoms with van der Waals surface area (Å²) in [6.45, 7) is 2.98. The van der Waals surface area contributed by atoms with Crippen LogP contribution < -0.4 is 5.73 Å². The maximum absolute atomic E-state index is 12.8. The molecule has 1 atom stereocenters. The van der Waals surface area contributed by atoms with Gasteiger partial charge in [-0.2, -0.15) is 13.2 Å². The van der Waals surface area contributed by atoms with Crippen molar-refractivity contribution < 1.29 is 18.0 Å². The number of nitrogens with zero attached hydrogens (tertiary/aromatic N) is 1. The molecule has 1 heterocycles. The minimum absolute atomic E-state index is 0.103. The Kier molecular flexibility index (Phi) is 5.11. The molecule has 0 saturated carbocycles. The molecule has 2 N–H and O–H groups in total. The molecule has 1 aromatic carbocycles. The van der Waals surface area contributed by atoms with E-state index >= 15 is 0 Å². The first kappa shape index (κ1) is 16.8. The number of amides is 1. The van der Waals surface area contributed by atoms with Crippen LogP contribution in [0.4, 0.5) is 13.2 Å². The lowest BCUT2D eigenvalue weighted by molar-refractivity contribution is -0.138. The van der Waals surface area contributed by atoms with E-state index in [9.17, 15) is 18.0 Å². The molecule has 1 aliphatic heterocycles. The molecular formula is C16H21F3N2O. The number of likely N-dealkylation sites (tertiary alicyclic amines) is 1. The van der Waals surface area contributed by atoms with Gasteiger partial charge in [0, 0.05) is 19.1 Å². The number of halogens is 3. The van der Waals surface area contributed by atoms with E-state index in [0.717, 1.165) is 25.0 Å². The van der Waals surface area contributed by atoms with Crippen LogP contribution in [-0.4, -0.2) is 29.9 Å². The van der Waals surface area contributed by atoms with E-state index in [0.29, 0.717) is 25.1 Å². The predicted molar refractivity (Wildman–Crippen MR) is 78.3 cm³/mol. The normalized spacial score (nSPS) is 18.3. The zero-order valence-electron chi connectivity index (χ0n) is 12.6. The molecule has 0 bridgehead atoms. The Hall–Kier alpha value is -1.56. The SMILES string of the molecule is CCC(C(=O)N1CCC(N)CC1)c1cccc(C(F)(F)F)c1. The summed E-state index contributed by atoms with van der Waals surface area (Å²) in [4.78, 5) is 14.3. The third-order valence-corrected chi connectivity index (χ3v) is 4.17. The molecule has 1 unspecified atom stereocenters. The molecule has 3 nitrogen and oxygen atoms in total. The first-order chi connectivity index (χ1) is 10.3. The number of hydrogen-bond acceptors (Lipinski definition) is 2. The molecule has 22 heavy (non-hydrogen) atoms. The summed E-state index contributed by atoms with van der Waals surface area (Å²) in [6.07, 6.45) is -2.44. The van der Waals surface area contributed by atoms with E-state index in [1.54, 1.807) is 11.0 Å². The molecule has 6 heteroatoms. The number of piperidine rings is 1. The van der Waals surface area contributed by atoms with Gasteiger partial charge in [0.2, 0.25) is 5.91 Å². The molecule has 0 aromatic heterocycles. The van der Waals surface area contributed by atoms with E-state index in [1.165, 1.54) is 6.07 Å². The Bertz CT molecular complexity index is 522. The predicted octanol–water partition coefficient (Wildman–Crippen LogP) is 3.15. The second-order valence-electron chi connectivity index (χ2n) is 5.75. The second-order valence-corrected chi connectivity index (χ2v) is 5.75. The van der Waals surface area contributed by atoms with Crippen LogP contribution in [0.5, 0.6) is 0 Å². The van der Waals surface area contributed by atoms with Crippen molar-refractivity contribution in [2.24, 2.45) is 5.73 Å². The van der Waals surface area contributed by atoms with Crippen LogP contribution in [0, 0.1) is 0 Å². The lowest BCUT2D eigenvalue weighted by Crippen LogP contribution is -2.44. The number of carbonyl (C=O) groups excluding carboxylic acids is 1. The highest BCUT2D eigenvalue weighted by Gasteiger charge is 2.32. The van der Waals surface area contributed by atoms with E-state index in [4.69, 9.17) is 5.73 Å². The largest absolute Gasteiger partial charge is 0.416 e. The van der Waals surface area contributed by atoms with Gasteiger partial charge in [0.15, 0.2) is 0 Å². The third kappa shape index (κ3) is 3.80. The zero-order valence-corrected chi connectivity index (χ0v) is 12.6. The smallest absolute Gasteiger partial charge is 0.342 e. The third-order valence-electron chi connectivity index (χ3n) is 4.17. The fourth-order valence-electron chi connectivity index (χ4n) is 2.82. The molecule has 1 saturated heterocycles. The standard InChI is InChI=1S/C16H21F3N2O/c1-2-14(15(22)21-8-6-13(20)7-9-21)11-4-3-5-12(10-11)16(17,18)19/h3-5,10,13-14H,2,6-9,20H2,1H3. The van der Waals surface area contributed by atoms with Gasteiger partial charge in [0.1, 0.15) is 0 Å². The summed E-state index contributed by atoms with van der Waals surface area (Å²) in [5.74, 6) is -0.634. The van der Waals surface area contributed by atoms with E-state index in [-0.39, 0.29) is 11.9 Å². The summed E-state index contributed by atoms with van der Waals surface area (Å²) >= 11 is 0. The highest BCUT2D eigenvalue weighted by molar-refractivity contribution is 5.83. The lowest BCUT2D eigenvalue weighted by Gasteiger charge is -2.33. The van der Waals surface area contributed by atoms with Gasteiger partial charge in [-0.05, 0) is 30.9 Å². The Morgan fingerprint density at radius 1 is 1.36 bits per heavy atom. The van der Waals surface area contributed by atoms with Crippen LogP contribution in [0.15, 0.2) is 24.3 Å². The van der Waals surface area contributed by atoms with Crippen molar-refractivity contribution in [2.45, 2.75) is 44.3 Å². The fraction of sp³-hybridized carbons (Fsp3) is 0.562. The van der Waals surface area contributed by atoms with Gasteiger partial charge >= 0.3 is 6.18 Å². The number of rotatable bonds is 3. The van der Waals surface area contributed by atoms with Gasteiger partial charge in [0.25, 0.3) is 0 Å². The molecule has 0 radical (unpaired) electrons. The molecule has 2 rings (SSSR count). The molecular weight excluding hydrogens is 293 g/mol. The summed E-state index contributed by atoms with van der Waals surface area (Å²) in [5.41, 5.74) is 5.54. The number of alkyl halides is 3. The number of benzene rings is 1. The van der Waals surface area contributed by atoms with Crippen molar-refractivity contribution in [3.8, 4) is 0 Å². The van der Waals surface area contributed by atoms with E-state index in [2.05, 4.69) is 0 Å². The minimum Gasteiger partial charge on any atom is -0.342 e. The molecule has 122 valence electrons. The van der Waals surface area contributed by atoms with Crippen molar-refractivity contribution in [2.75, 3.05) is 13.1 Å². The average Bonchev–Trinajstić information content (AvgIpc) is 2.48. The van der Waals surface area contributed by atoms with E-state index in [1.807, 2.05) is 6.92 Å². The molecule has 1 fully saturated rings. The monoisotopic (exact) mass is 314 g/mol. The van der Waals surface area contributed by atoms with Crippen molar-refractivity contribution in [3.05, 3.63) is 35.4 Å². The second kappa shape index (κ2) is 6.69. The van der Waals surface area contributed by atoms with Gasteiger partial charge < -0.3 is 10.6 Å². The summed E-state index contributed by atoms with van der Waals surface area (Å²) < 4.78 is 38.5. The van der Waals surface area contributed by atoms with Gasteiger partial charge in [-0.1, -0.05) is 25.1 Å². The average molecular weight is 314 g/mol. The van der Waals surface area contributed by atoms with Gasteiger partial charge in [0.05, 0.1) is 11.5 Å². The molecule has 0 spiro atoms. The first-order valence-corrected chi connectivity index (χ1v) is 7.54. The molecule has 0 aliphatic carbocycles. The van der Waals surface area contributed by atoms with Gasteiger partial charge in [-0.25, -0.2) is 0 Å². The fourth-order valence-corrected chi connectivity index (χ4v) is 2.82. The number of carbonyl (C=O) groups is 1. The maximum Gasteiger partial charge on any atom is 0.416 e. The zero-order chi connectivity index (χ0) is 16.3. The van der Waals surface area contributed by atoms with Crippen LogP contribution in [0.25, 0.3) is 0 Å². The summed E-state index contributed by atoms with van der Waals surface area (Å²) in [7, 11) is 0. The molecule has 1 amide bonds. The molecule has 1 aromatic rings. The Morgan fingerprint density at radius 3 is 2.55 bits per heavy atom. The molecule has 1 aliphatic rings. The number of hydrogen-bond donors (Lipinski definition) is 1. The Morgan fingerprint density at radius 2 is 2.00 bits per heavy atom. The summed E-state index contributed by atoms with van der Waals surface area (Å²) in [5, 5.41) is 0. The van der Waals surface area contributed by atoms with Crippen molar-refractivity contribution >= 4 is 5.91 Å². The quantitative estimate of drug-likeness (QED) is 0.931. The topological polar surface area (TPSA) is 46.3 Å². The van der Waals surface area contributed by atoms with Gasteiger partial charge in [-0.3, -0.25) is 4.79 Å². The Balaban J connectivity index is 2.19.